The second kappa shape index (κ2) is 5.71. The molecule has 0 amide bonds. The average molecular weight is 320 g/mol. The molecule has 1 aromatic heterocycles. The Bertz CT molecular complexity index is 951. The van der Waals surface area contributed by atoms with Crippen LogP contribution in [0.15, 0.2) is 59.7 Å². The van der Waals surface area contributed by atoms with E-state index in [0.717, 1.165) is 22.2 Å². The molecule has 3 aromatic rings. The van der Waals surface area contributed by atoms with Crippen molar-refractivity contribution in [1.82, 2.24) is 4.98 Å². The van der Waals surface area contributed by atoms with E-state index in [9.17, 15) is 4.39 Å². The fourth-order valence-corrected chi connectivity index (χ4v) is 2.91. The quantitative estimate of drug-likeness (QED) is 0.667. The van der Waals surface area contributed by atoms with E-state index < -0.39 is 0 Å². The molecule has 2 atom stereocenters. The van der Waals surface area contributed by atoms with Crippen LogP contribution < -0.4 is 4.74 Å². The third-order valence-electron chi connectivity index (χ3n) is 4.40. The number of rotatable bonds is 1. The van der Waals surface area contributed by atoms with Crippen molar-refractivity contribution >= 4 is 16.6 Å². The van der Waals surface area contributed by atoms with Crippen LogP contribution in [-0.2, 0) is 0 Å². The molecule has 0 bridgehead atoms. The molecule has 2 heterocycles. The summed E-state index contributed by atoms with van der Waals surface area (Å²) in [7, 11) is 0. The molecule has 2 aromatic carbocycles. The summed E-state index contributed by atoms with van der Waals surface area (Å²) in [6.07, 6.45) is 1.59. The summed E-state index contributed by atoms with van der Waals surface area (Å²) < 4.78 is 20.1. The Balaban J connectivity index is 1.94. The fraction of sp³-hybridized carbons (Fsp3) is 0.200. The number of nitrogens with zero attached hydrogens (tertiary/aromatic N) is 2. The van der Waals surface area contributed by atoms with Crippen LogP contribution in [0.4, 0.5) is 4.39 Å². The van der Waals surface area contributed by atoms with Crippen LogP contribution in [0.1, 0.15) is 25.0 Å². The van der Waals surface area contributed by atoms with E-state index in [1.165, 1.54) is 6.07 Å². The lowest BCUT2D eigenvalue weighted by atomic mass is 10.0. The van der Waals surface area contributed by atoms with Gasteiger partial charge in [-0.25, -0.2) is 4.39 Å². The van der Waals surface area contributed by atoms with Gasteiger partial charge in [-0.15, -0.1) is 0 Å². The van der Waals surface area contributed by atoms with E-state index in [1.54, 1.807) is 12.3 Å². The number of fused-ring (bicyclic) bond motifs is 2. The predicted octanol–water partition coefficient (Wildman–Crippen LogP) is 4.38. The molecule has 4 heteroatoms. The van der Waals surface area contributed by atoms with Gasteiger partial charge in [-0.05, 0) is 38.1 Å². The molecule has 0 N–H and O–H groups in total. The number of aromatic nitrogens is 1. The molecule has 0 spiro atoms. The summed E-state index contributed by atoms with van der Waals surface area (Å²) in [6, 6.07) is 14.8. The zero-order chi connectivity index (χ0) is 16.7. The first-order valence-electron chi connectivity index (χ1n) is 8.02. The summed E-state index contributed by atoms with van der Waals surface area (Å²) >= 11 is 0. The van der Waals surface area contributed by atoms with Crippen molar-refractivity contribution in [2.75, 3.05) is 0 Å². The van der Waals surface area contributed by atoms with Gasteiger partial charge in [-0.3, -0.25) is 9.98 Å². The van der Waals surface area contributed by atoms with Gasteiger partial charge in [0.15, 0.2) is 11.6 Å². The zero-order valence-electron chi connectivity index (χ0n) is 13.5. The number of benzene rings is 2. The second-order valence-corrected chi connectivity index (χ2v) is 6.07. The predicted molar refractivity (Wildman–Crippen MR) is 93.3 cm³/mol. The molecule has 1 aliphatic heterocycles. The number of hydrogen-bond acceptors (Lipinski definition) is 3. The average Bonchev–Trinajstić information content (AvgIpc) is 2.73. The van der Waals surface area contributed by atoms with Crippen LogP contribution in [0.5, 0.6) is 5.75 Å². The van der Waals surface area contributed by atoms with Gasteiger partial charge in [0.2, 0.25) is 0 Å². The maximum Gasteiger partial charge on any atom is 0.165 e. The Morgan fingerprint density at radius 1 is 1.04 bits per heavy atom. The molecule has 4 rings (SSSR count). The highest BCUT2D eigenvalue weighted by atomic mass is 19.1. The van der Waals surface area contributed by atoms with Crippen LogP contribution in [0.2, 0.25) is 0 Å². The highest BCUT2D eigenvalue weighted by molar-refractivity contribution is 6.15. The lowest BCUT2D eigenvalue weighted by Gasteiger charge is -2.16. The second-order valence-electron chi connectivity index (χ2n) is 6.07. The number of pyridine rings is 1. The standard InChI is InChI=1S/C20H17FN2O/c1-12-13(2)24-20-16(7-5-8-17(20)21)19(23-12)15-10-14-6-3-4-9-18(14)22-11-15/h3-13H,1-2H3/t12-,13+/m0/s1. The van der Waals surface area contributed by atoms with Crippen molar-refractivity contribution in [3.05, 3.63) is 71.7 Å². The zero-order valence-corrected chi connectivity index (χ0v) is 13.5. The van der Waals surface area contributed by atoms with E-state index in [2.05, 4.69) is 4.98 Å². The number of aliphatic imine (C=N–C) groups is 1. The highest BCUT2D eigenvalue weighted by Crippen LogP contribution is 2.31. The summed E-state index contributed by atoms with van der Waals surface area (Å²) in [4.78, 5) is 9.31. The lowest BCUT2D eigenvalue weighted by Crippen LogP contribution is -2.23. The maximum atomic E-state index is 14.3. The van der Waals surface area contributed by atoms with Crippen molar-refractivity contribution in [2.24, 2.45) is 4.99 Å². The molecule has 0 saturated heterocycles. The van der Waals surface area contributed by atoms with E-state index in [1.807, 2.05) is 50.2 Å². The first-order valence-corrected chi connectivity index (χ1v) is 8.02. The number of para-hydroxylation sites is 2. The van der Waals surface area contributed by atoms with Gasteiger partial charge in [0.25, 0.3) is 0 Å². The molecule has 0 unspecified atom stereocenters. The van der Waals surface area contributed by atoms with Gasteiger partial charge in [-0.2, -0.15) is 0 Å². The normalized spacial score (nSPS) is 20.0. The Morgan fingerprint density at radius 3 is 2.75 bits per heavy atom. The Kier molecular flexibility index (Phi) is 3.53. The van der Waals surface area contributed by atoms with Crippen LogP contribution in [-0.4, -0.2) is 22.8 Å². The summed E-state index contributed by atoms with van der Waals surface area (Å²) in [6.45, 7) is 3.88. The van der Waals surface area contributed by atoms with Crippen LogP contribution in [0, 0.1) is 5.82 Å². The van der Waals surface area contributed by atoms with E-state index in [0.29, 0.717) is 5.56 Å². The van der Waals surface area contributed by atoms with Gasteiger partial charge in [0.05, 0.1) is 17.3 Å². The number of halogens is 1. The Morgan fingerprint density at radius 2 is 1.88 bits per heavy atom. The molecule has 1 aliphatic rings. The first kappa shape index (κ1) is 14.8. The molecule has 0 aliphatic carbocycles. The lowest BCUT2D eigenvalue weighted by molar-refractivity contribution is 0.192. The topological polar surface area (TPSA) is 34.5 Å². The van der Waals surface area contributed by atoms with Crippen LogP contribution >= 0.6 is 0 Å². The van der Waals surface area contributed by atoms with E-state index >= 15 is 0 Å². The van der Waals surface area contributed by atoms with Crippen molar-refractivity contribution in [1.29, 1.82) is 0 Å². The summed E-state index contributed by atoms with van der Waals surface area (Å²) in [5.41, 5.74) is 3.18. The van der Waals surface area contributed by atoms with Gasteiger partial charge in [0.1, 0.15) is 6.10 Å². The maximum absolute atomic E-state index is 14.3. The van der Waals surface area contributed by atoms with Crippen LogP contribution in [0.25, 0.3) is 10.9 Å². The monoisotopic (exact) mass is 320 g/mol. The SMILES string of the molecule is C[C@@H]1N=C(c2cnc3ccccc3c2)c2cccc(F)c2O[C@@H]1C. The largest absolute Gasteiger partial charge is 0.485 e. The number of ether oxygens (including phenoxy) is 1. The molecule has 120 valence electrons. The van der Waals surface area contributed by atoms with Crippen molar-refractivity contribution < 1.29 is 9.13 Å². The molecule has 24 heavy (non-hydrogen) atoms. The minimum Gasteiger partial charge on any atom is -0.485 e. The minimum atomic E-state index is -0.366. The molecular formula is C20H17FN2O. The molecule has 0 saturated carbocycles. The summed E-state index contributed by atoms with van der Waals surface area (Å²) in [5, 5.41) is 1.03. The first-order chi connectivity index (χ1) is 11.6. The van der Waals surface area contributed by atoms with Crippen molar-refractivity contribution in [3.63, 3.8) is 0 Å². The van der Waals surface area contributed by atoms with Crippen molar-refractivity contribution in [2.45, 2.75) is 26.0 Å². The minimum absolute atomic E-state index is 0.0849. The van der Waals surface area contributed by atoms with Crippen LogP contribution in [0.3, 0.4) is 0 Å². The molecular weight excluding hydrogens is 303 g/mol. The molecule has 0 radical (unpaired) electrons. The van der Waals surface area contributed by atoms with E-state index in [-0.39, 0.29) is 23.7 Å². The van der Waals surface area contributed by atoms with Gasteiger partial charge >= 0.3 is 0 Å². The molecule has 0 fully saturated rings. The van der Waals surface area contributed by atoms with E-state index in [4.69, 9.17) is 9.73 Å². The third-order valence-corrected chi connectivity index (χ3v) is 4.40. The Labute approximate surface area is 139 Å². The van der Waals surface area contributed by atoms with Gasteiger partial charge in [0, 0.05) is 22.7 Å². The highest BCUT2D eigenvalue weighted by Gasteiger charge is 2.26. The fourth-order valence-electron chi connectivity index (χ4n) is 2.91. The third kappa shape index (κ3) is 2.44. The molecule has 3 nitrogen and oxygen atoms in total. The smallest absolute Gasteiger partial charge is 0.165 e. The van der Waals surface area contributed by atoms with Gasteiger partial charge < -0.3 is 4.74 Å². The Hall–Kier alpha value is -2.75. The number of hydrogen-bond donors (Lipinski definition) is 0. The van der Waals surface area contributed by atoms with Gasteiger partial charge in [-0.1, -0.05) is 24.3 Å². The van der Waals surface area contributed by atoms with Crippen molar-refractivity contribution in [3.8, 4) is 5.75 Å². The summed E-state index contributed by atoms with van der Waals surface area (Å²) in [5.74, 6) is -0.101.